The van der Waals surface area contributed by atoms with E-state index in [2.05, 4.69) is 5.32 Å². The van der Waals surface area contributed by atoms with Crippen LogP contribution in [-0.4, -0.2) is 29.1 Å². The second-order valence-corrected chi connectivity index (χ2v) is 3.05. The number of rotatable bonds is 1. The van der Waals surface area contributed by atoms with Gasteiger partial charge in [0.15, 0.2) is 0 Å². The number of carbonyl (C=O) groups is 1. The molecule has 4 N–H and O–H groups in total. The molecule has 1 rings (SSSR count). The predicted molar refractivity (Wildman–Crippen MR) is 46.1 cm³/mol. The Bertz CT molecular complexity index is 130. The zero-order valence-electron chi connectivity index (χ0n) is 7.18. The zero-order chi connectivity index (χ0) is 8.10. The van der Waals surface area contributed by atoms with Crippen molar-refractivity contribution in [3.05, 3.63) is 0 Å². The van der Waals surface area contributed by atoms with Crippen molar-refractivity contribution in [1.29, 1.82) is 0 Å². The molecule has 0 amide bonds. The van der Waals surface area contributed by atoms with Gasteiger partial charge in [-0.2, -0.15) is 0 Å². The first-order valence-electron chi connectivity index (χ1n) is 4.27. The maximum atomic E-state index is 10.6. The lowest BCUT2D eigenvalue weighted by Crippen LogP contribution is -2.37. The van der Waals surface area contributed by atoms with E-state index in [1.54, 1.807) is 0 Å². The molecule has 0 aromatic carbocycles. The van der Waals surface area contributed by atoms with Crippen LogP contribution in [0.2, 0.25) is 0 Å². The minimum absolute atomic E-state index is 0. The van der Waals surface area contributed by atoms with Crippen molar-refractivity contribution in [2.45, 2.75) is 38.1 Å². The average molecular weight is 175 g/mol. The summed E-state index contributed by atoms with van der Waals surface area (Å²) in [5.74, 6) is -0.702. The maximum Gasteiger partial charge on any atom is 0.320 e. The van der Waals surface area contributed by atoms with Gasteiger partial charge < -0.3 is 15.9 Å². The molecule has 0 aliphatic carbocycles. The second kappa shape index (κ2) is 5.97. The Morgan fingerprint density at radius 3 is 2.58 bits per heavy atom. The number of carboxylic acid groups (broad SMARTS) is 1. The van der Waals surface area contributed by atoms with Crippen LogP contribution in [0.5, 0.6) is 0 Å². The van der Waals surface area contributed by atoms with Gasteiger partial charge in [0, 0.05) is 0 Å². The topological polar surface area (TPSA) is 80.8 Å². The molecular formula is C8H17NO3. The van der Waals surface area contributed by atoms with E-state index in [1.807, 2.05) is 0 Å². The van der Waals surface area contributed by atoms with Gasteiger partial charge in [-0.25, -0.2) is 0 Å². The van der Waals surface area contributed by atoms with Crippen LogP contribution in [0.3, 0.4) is 0 Å². The summed E-state index contributed by atoms with van der Waals surface area (Å²) in [5.41, 5.74) is 0. The molecule has 1 fully saturated rings. The zero-order valence-corrected chi connectivity index (χ0v) is 7.18. The third-order valence-electron chi connectivity index (χ3n) is 2.11. The van der Waals surface area contributed by atoms with E-state index in [0.29, 0.717) is 0 Å². The molecule has 1 aliphatic rings. The summed E-state index contributed by atoms with van der Waals surface area (Å²) < 4.78 is 0. The molecule has 0 radical (unpaired) electrons. The quantitative estimate of drug-likeness (QED) is 0.596. The summed E-state index contributed by atoms with van der Waals surface area (Å²) in [6, 6.07) is -0.296. The fraction of sp³-hybridized carbons (Fsp3) is 0.875. The molecule has 0 saturated carbocycles. The van der Waals surface area contributed by atoms with Crippen molar-refractivity contribution in [2.24, 2.45) is 0 Å². The molecule has 1 heterocycles. The summed E-state index contributed by atoms with van der Waals surface area (Å²) in [5, 5.41) is 11.7. The summed E-state index contributed by atoms with van der Waals surface area (Å²) in [7, 11) is 0. The van der Waals surface area contributed by atoms with Crippen LogP contribution in [0.15, 0.2) is 0 Å². The highest BCUT2D eigenvalue weighted by molar-refractivity contribution is 5.73. The highest BCUT2D eigenvalue weighted by Gasteiger charge is 2.16. The van der Waals surface area contributed by atoms with Crippen LogP contribution in [0.4, 0.5) is 0 Å². The van der Waals surface area contributed by atoms with E-state index in [1.165, 1.54) is 12.8 Å². The molecule has 1 aliphatic heterocycles. The van der Waals surface area contributed by atoms with Crippen molar-refractivity contribution in [2.75, 3.05) is 6.54 Å². The van der Waals surface area contributed by atoms with Gasteiger partial charge in [-0.05, 0) is 19.4 Å². The van der Waals surface area contributed by atoms with Crippen molar-refractivity contribution < 1.29 is 15.4 Å². The Morgan fingerprint density at radius 1 is 1.25 bits per heavy atom. The number of nitrogens with one attached hydrogen (secondary N) is 1. The van der Waals surface area contributed by atoms with Crippen molar-refractivity contribution in [1.82, 2.24) is 5.32 Å². The van der Waals surface area contributed by atoms with E-state index >= 15 is 0 Å². The number of hydrogen-bond donors (Lipinski definition) is 2. The van der Waals surface area contributed by atoms with E-state index in [9.17, 15) is 4.79 Å². The standard InChI is InChI=1S/C8H15NO2.H2O/c10-8(11)7-5-3-1-2-4-6-9-7;/h7,9H,1-6H2,(H,10,11);1H2. The van der Waals surface area contributed by atoms with Crippen LogP contribution in [0.25, 0.3) is 0 Å². The third-order valence-corrected chi connectivity index (χ3v) is 2.11. The van der Waals surface area contributed by atoms with Crippen molar-refractivity contribution in [3.8, 4) is 0 Å². The molecule has 12 heavy (non-hydrogen) atoms. The molecule has 1 saturated heterocycles. The Balaban J connectivity index is 0.00000121. The van der Waals surface area contributed by atoms with E-state index in [0.717, 1.165) is 25.8 Å². The highest BCUT2D eigenvalue weighted by atomic mass is 16.4. The van der Waals surface area contributed by atoms with Gasteiger partial charge in [-0.1, -0.05) is 19.3 Å². The summed E-state index contributed by atoms with van der Waals surface area (Å²) in [6.07, 6.45) is 5.37. The Morgan fingerprint density at radius 2 is 1.92 bits per heavy atom. The van der Waals surface area contributed by atoms with E-state index in [4.69, 9.17) is 5.11 Å². The van der Waals surface area contributed by atoms with Gasteiger partial charge in [-0.15, -0.1) is 0 Å². The first-order valence-corrected chi connectivity index (χ1v) is 4.27. The van der Waals surface area contributed by atoms with Gasteiger partial charge in [-0.3, -0.25) is 4.79 Å². The molecule has 72 valence electrons. The SMILES string of the molecule is O.O=C(O)C1CCCCCCN1. The number of hydrogen-bond acceptors (Lipinski definition) is 2. The summed E-state index contributed by atoms with van der Waals surface area (Å²) in [6.45, 7) is 0.858. The highest BCUT2D eigenvalue weighted by Crippen LogP contribution is 2.09. The summed E-state index contributed by atoms with van der Waals surface area (Å²) in [4.78, 5) is 10.6. The van der Waals surface area contributed by atoms with Gasteiger partial charge in [0.25, 0.3) is 0 Å². The lowest BCUT2D eigenvalue weighted by Gasteiger charge is -2.16. The van der Waals surface area contributed by atoms with Crippen molar-refractivity contribution in [3.63, 3.8) is 0 Å². The Hall–Kier alpha value is -0.610. The fourth-order valence-electron chi connectivity index (χ4n) is 1.42. The monoisotopic (exact) mass is 175 g/mol. The minimum Gasteiger partial charge on any atom is -0.480 e. The molecule has 4 heteroatoms. The van der Waals surface area contributed by atoms with Crippen LogP contribution >= 0.6 is 0 Å². The van der Waals surface area contributed by atoms with Gasteiger partial charge in [0.05, 0.1) is 0 Å². The Labute approximate surface area is 72.3 Å². The van der Waals surface area contributed by atoms with Crippen LogP contribution in [-0.2, 0) is 4.79 Å². The summed E-state index contributed by atoms with van der Waals surface area (Å²) >= 11 is 0. The van der Waals surface area contributed by atoms with E-state index < -0.39 is 5.97 Å². The first-order chi connectivity index (χ1) is 5.30. The molecule has 1 atom stereocenters. The number of aliphatic carboxylic acids is 1. The predicted octanol–water partition coefficient (Wildman–Crippen LogP) is 0.169. The van der Waals surface area contributed by atoms with Crippen LogP contribution in [0.1, 0.15) is 32.1 Å². The van der Waals surface area contributed by atoms with Gasteiger partial charge in [0.2, 0.25) is 0 Å². The van der Waals surface area contributed by atoms with E-state index in [-0.39, 0.29) is 11.5 Å². The average Bonchev–Trinajstić information content (AvgIpc) is 1.84. The molecular weight excluding hydrogens is 158 g/mol. The molecule has 0 bridgehead atoms. The normalized spacial score (nSPS) is 24.8. The molecule has 0 spiro atoms. The largest absolute Gasteiger partial charge is 0.480 e. The molecule has 4 nitrogen and oxygen atoms in total. The molecule has 0 aromatic rings. The Kier molecular flexibility index (Phi) is 5.66. The fourth-order valence-corrected chi connectivity index (χ4v) is 1.42. The van der Waals surface area contributed by atoms with Crippen LogP contribution in [0, 0.1) is 0 Å². The van der Waals surface area contributed by atoms with Gasteiger partial charge in [0.1, 0.15) is 6.04 Å². The second-order valence-electron chi connectivity index (χ2n) is 3.05. The van der Waals surface area contributed by atoms with Crippen LogP contribution < -0.4 is 5.32 Å². The van der Waals surface area contributed by atoms with Crippen molar-refractivity contribution >= 4 is 5.97 Å². The third kappa shape index (κ3) is 3.69. The number of carboxylic acids is 1. The molecule has 0 aromatic heterocycles. The smallest absolute Gasteiger partial charge is 0.320 e. The maximum absolute atomic E-state index is 10.6. The van der Waals surface area contributed by atoms with Gasteiger partial charge >= 0.3 is 5.97 Å². The lowest BCUT2D eigenvalue weighted by molar-refractivity contribution is -0.139. The first kappa shape index (κ1) is 11.4. The minimum atomic E-state index is -0.702. The molecule has 1 unspecified atom stereocenters. The lowest BCUT2D eigenvalue weighted by atomic mass is 10.0.